The Labute approximate surface area is 354 Å². The van der Waals surface area contributed by atoms with Gasteiger partial charge in [0.1, 0.15) is 0 Å². The predicted molar refractivity (Wildman–Crippen MR) is 258 cm³/mol. The molecule has 9 aromatic rings. The lowest BCUT2D eigenvalue weighted by molar-refractivity contribution is 0.590. The van der Waals surface area contributed by atoms with Crippen molar-refractivity contribution in [1.82, 2.24) is 4.57 Å². The van der Waals surface area contributed by atoms with Gasteiger partial charge < -0.3 is 19.3 Å². The van der Waals surface area contributed by atoms with Crippen LogP contribution in [-0.4, -0.2) is 11.6 Å². The number of hydrogen-bond donors (Lipinski definition) is 0. The smallest absolute Gasteiger partial charge is 0.0510 e. The summed E-state index contributed by atoms with van der Waals surface area (Å²) in [5, 5.41) is 5.13. The minimum absolute atomic E-state index is 0.0817. The molecular formula is C56H52N4. The Morgan fingerprint density at radius 1 is 0.367 bits per heavy atom. The Morgan fingerprint density at radius 2 is 0.867 bits per heavy atom. The van der Waals surface area contributed by atoms with Gasteiger partial charge in [-0.05, 0) is 118 Å². The first-order valence-electron chi connectivity index (χ1n) is 21.1. The monoisotopic (exact) mass is 780 g/mol. The topological polar surface area (TPSA) is 14.7 Å². The minimum Gasteiger partial charge on any atom is -0.344 e. The first-order valence-corrected chi connectivity index (χ1v) is 21.1. The lowest BCUT2D eigenvalue weighted by Gasteiger charge is -2.33. The Balaban J connectivity index is 1.13. The Morgan fingerprint density at radius 3 is 1.42 bits per heavy atom. The molecule has 60 heavy (non-hydrogen) atoms. The molecule has 1 aliphatic rings. The molecule has 0 bridgehead atoms. The largest absolute Gasteiger partial charge is 0.344 e. The highest BCUT2D eigenvalue weighted by molar-refractivity contribution is 6.28. The fourth-order valence-corrected chi connectivity index (χ4v) is 9.33. The van der Waals surface area contributed by atoms with Crippen molar-refractivity contribution in [2.45, 2.75) is 52.4 Å². The molecule has 0 spiro atoms. The number of hydrogen-bond acceptors (Lipinski definition) is 3. The number of benzene rings is 8. The van der Waals surface area contributed by atoms with E-state index in [4.69, 9.17) is 0 Å². The fraction of sp³-hybridized carbons (Fsp3) is 0.179. The molecule has 0 fully saturated rings. The molecule has 296 valence electrons. The van der Waals surface area contributed by atoms with E-state index in [0.29, 0.717) is 0 Å². The van der Waals surface area contributed by atoms with Gasteiger partial charge in [-0.1, -0.05) is 126 Å². The summed E-state index contributed by atoms with van der Waals surface area (Å²) >= 11 is 0. The van der Waals surface area contributed by atoms with Gasteiger partial charge in [0.2, 0.25) is 0 Å². The van der Waals surface area contributed by atoms with Crippen LogP contribution in [0.15, 0.2) is 170 Å². The Kier molecular flexibility index (Phi) is 8.69. The van der Waals surface area contributed by atoms with Gasteiger partial charge in [-0.15, -0.1) is 0 Å². The van der Waals surface area contributed by atoms with E-state index in [2.05, 4.69) is 245 Å². The highest BCUT2D eigenvalue weighted by Gasteiger charge is 2.28. The predicted octanol–water partition coefficient (Wildman–Crippen LogP) is 15.8. The summed E-state index contributed by atoms with van der Waals surface area (Å²) in [6.07, 6.45) is 0. The molecule has 0 atom stereocenters. The number of aromatic nitrogens is 1. The third kappa shape index (κ3) is 6.13. The van der Waals surface area contributed by atoms with Crippen LogP contribution >= 0.6 is 0 Å². The molecule has 4 nitrogen and oxygen atoms in total. The molecule has 0 amide bonds. The molecule has 4 heteroatoms. The standard InChI is InChI=1S/C56H52N4/c1-55(2,3)37-22-26-41(27-23-37)59(39-16-11-9-12-17-39)43-30-32-45-48-36-52-53(47-20-15-21-49(54(47)48)57(7)50(45)34-43)46-33-31-44(35-51(46)58(52)8)60(40-18-13-10-14-19-40)42-28-24-38(25-29-42)56(4,5)6/h9-36H,1-8H3. The molecule has 1 aromatic heterocycles. The second-order valence-corrected chi connectivity index (χ2v) is 18.5. The van der Waals surface area contributed by atoms with E-state index in [0.717, 1.165) is 34.1 Å². The Hall–Kier alpha value is -6.78. The van der Waals surface area contributed by atoms with Gasteiger partial charge in [0.05, 0.1) is 16.7 Å². The van der Waals surface area contributed by atoms with E-state index in [1.807, 2.05) is 0 Å². The van der Waals surface area contributed by atoms with Gasteiger partial charge in [0, 0.05) is 75.6 Å². The summed E-state index contributed by atoms with van der Waals surface area (Å²) in [6.45, 7) is 13.6. The number of para-hydroxylation sites is 2. The number of anilines is 8. The van der Waals surface area contributed by atoms with Crippen molar-refractivity contribution < 1.29 is 0 Å². The number of aryl methyl sites for hydroxylation is 1. The summed E-state index contributed by atoms with van der Waals surface area (Å²) < 4.78 is 2.40. The van der Waals surface area contributed by atoms with Crippen molar-refractivity contribution in [1.29, 1.82) is 0 Å². The maximum Gasteiger partial charge on any atom is 0.0510 e. The molecular weight excluding hydrogens is 729 g/mol. The molecule has 0 aliphatic carbocycles. The molecule has 0 N–H and O–H groups in total. The van der Waals surface area contributed by atoms with Crippen molar-refractivity contribution in [3.8, 4) is 11.1 Å². The van der Waals surface area contributed by atoms with E-state index in [1.54, 1.807) is 0 Å². The summed E-state index contributed by atoms with van der Waals surface area (Å²) in [7, 11) is 4.44. The molecule has 2 heterocycles. The van der Waals surface area contributed by atoms with E-state index < -0.39 is 0 Å². The van der Waals surface area contributed by atoms with Gasteiger partial charge in [0.25, 0.3) is 0 Å². The normalized spacial score (nSPS) is 12.6. The quantitative estimate of drug-likeness (QED) is 0.167. The van der Waals surface area contributed by atoms with E-state index in [9.17, 15) is 0 Å². The van der Waals surface area contributed by atoms with Crippen molar-refractivity contribution in [3.63, 3.8) is 0 Å². The second-order valence-electron chi connectivity index (χ2n) is 18.5. The summed E-state index contributed by atoms with van der Waals surface area (Å²) in [6, 6.07) is 62.8. The second kappa shape index (κ2) is 13.9. The van der Waals surface area contributed by atoms with E-state index in [1.165, 1.54) is 66.2 Å². The average Bonchev–Trinajstić information content (AvgIpc) is 3.53. The van der Waals surface area contributed by atoms with Crippen LogP contribution < -0.4 is 14.7 Å². The summed E-state index contributed by atoms with van der Waals surface area (Å²) in [4.78, 5) is 7.14. The van der Waals surface area contributed by atoms with Crippen LogP contribution in [0.4, 0.5) is 45.5 Å². The van der Waals surface area contributed by atoms with Gasteiger partial charge >= 0.3 is 0 Å². The molecule has 0 radical (unpaired) electrons. The highest BCUT2D eigenvalue weighted by atomic mass is 15.2. The van der Waals surface area contributed by atoms with Gasteiger partial charge in [0.15, 0.2) is 0 Å². The van der Waals surface area contributed by atoms with Crippen molar-refractivity contribution in [3.05, 3.63) is 181 Å². The summed E-state index contributed by atoms with van der Waals surface area (Å²) in [5.41, 5.74) is 17.0. The third-order valence-corrected chi connectivity index (χ3v) is 12.6. The zero-order valence-electron chi connectivity index (χ0n) is 36.0. The SMILES string of the molecule is CN1c2cc(N(c3ccccc3)c3ccc(C(C)(C)C)cc3)ccc2-c2cc3c(c4cccc1c24)c1ccc(N(c2ccccc2)c2ccc(C(C)(C)C)cc2)cc1n3C. The first kappa shape index (κ1) is 37.5. The lowest BCUT2D eigenvalue weighted by Crippen LogP contribution is -2.17. The van der Waals surface area contributed by atoms with E-state index >= 15 is 0 Å². The van der Waals surface area contributed by atoms with Crippen molar-refractivity contribution >= 4 is 78.1 Å². The molecule has 0 unspecified atom stereocenters. The van der Waals surface area contributed by atoms with Crippen LogP contribution in [0.1, 0.15) is 52.7 Å². The third-order valence-electron chi connectivity index (χ3n) is 12.6. The maximum atomic E-state index is 2.44. The van der Waals surface area contributed by atoms with Gasteiger partial charge in [-0.3, -0.25) is 0 Å². The molecule has 8 aromatic carbocycles. The minimum atomic E-state index is 0.0817. The molecule has 0 saturated carbocycles. The zero-order valence-corrected chi connectivity index (χ0v) is 36.0. The molecule has 0 saturated heterocycles. The fourth-order valence-electron chi connectivity index (χ4n) is 9.33. The number of fused-ring (bicyclic) bond motifs is 6. The lowest BCUT2D eigenvalue weighted by atomic mass is 9.87. The summed E-state index contributed by atoms with van der Waals surface area (Å²) in [5.74, 6) is 0. The van der Waals surface area contributed by atoms with Crippen LogP contribution in [0, 0.1) is 0 Å². The van der Waals surface area contributed by atoms with Crippen LogP contribution in [-0.2, 0) is 17.9 Å². The highest BCUT2D eigenvalue weighted by Crippen LogP contribution is 2.52. The van der Waals surface area contributed by atoms with Gasteiger partial charge in [-0.25, -0.2) is 0 Å². The van der Waals surface area contributed by atoms with Gasteiger partial charge in [-0.2, -0.15) is 0 Å². The first-order chi connectivity index (χ1) is 28.9. The Bertz CT molecular complexity index is 3060. The van der Waals surface area contributed by atoms with Crippen LogP contribution in [0.5, 0.6) is 0 Å². The van der Waals surface area contributed by atoms with Crippen LogP contribution in [0.3, 0.4) is 0 Å². The van der Waals surface area contributed by atoms with Crippen LogP contribution in [0.25, 0.3) is 43.7 Å². The number of nitrogens with zero attached hydrogens (tertiary/aromatic N) is 4. The zero-order chi connectivity index (χ0) is 41.5. The van der Waals surface area contributed by atoms with E-state index in [-0.39, 0.29) is 10.8 Å². The number of rotatable bonds is 6. The average molecular weight is 781 g/mol. The van der Waals surface area contributed by atoms with Crippen molar-refractivity contribution in [2.24, 2.45) is 7.05 Å². The van der Waals surface area contributed by atoms with Crippen LogP contribution in [0.2, 0.25) is 0 Å². The van der Waals surface area contributed by atoms with Crippen molar-refractivity contribution in [2.75, 3.05) is 21.7 Å². The molecule has 10 rings (SSSR count). The maximum absolute atomic E-state index is 2.44. The molecule has 1 aliphatic heterocycles.